The van der Waals surface area contributed by atoms with Crippen molar-refractivity contribution >= 4 is 11.8 Å². The van der Waals surface area contributed by atoms with Crippen LogP contribution in [0.1, 0.15) is 60.6 Å². The Morgan fingerprint density at radius 3 is 2.05 bits per heavy atom. The van der Waals surface area contributed by atoms with E-state index in [1.807, 2.05) is 97.4 Å². The molecule has 0 spiro atoms. The number of nitrogens with zero attached hydrogens (tertiary/aromatic N) is 3. The van der Waals surface area contributed by atoms with Crippen LogP contribution in [0.3, 0.4) is 0 Å². The molecule has 4 rings (SSSR count). The second-order valence-corrected chi connectivity index (χ2v) is 10.6. The molecule has 1 heterocycles. The van der Waals surface area contributed by atoms with Crippen LogP contribution in [0.4, 0.5) is 13.2 Å². The summed E-state index contributed by atoms with van der Waals surface area (Å²) >= 11 is 0. The van der Waals surface area contributed by atoms with Gasteiger partial charge in [-0.05, 0) is 54.3 Å². The summed E-state index contributed by atoms with van der Waals surface area (Å²) in [5.41, 5.74) is 2.36. The lowest BCUT2D eigenvalue weighted by Crippen LogP contribution is -2.44. The summed E-state index contributed by atoms with van der Waals surface area (Å²) in [5, 5.41) is 0. The first-order chi connectivity index (χ1) is 20.7. The van der Waals surface area contributed by atoms with Crippen LogP contribution in [0.25, 0.3) is 0 Å². The lowest BCUT2D eigenvalue weighted by molar-refractivity contribution is -0.141. The average molecular weight is 590 g/mol. The minimum absolute atomic E-state index is 0.0659. The van der Waals surface area contributed by atoms with Gasteiger partial charge in [-0.15, -0.1) is 0 Å². The van der Waals surface area contributed by atoms with Gasteiger partial charge in [0.25, 0.3) is 0 Å². The van der Waals surface area contributed by atoms with E-state index in [4.69, 9.17) is 0 Å². The summed E-state index contributed by atoms with van der Waals surface area (Å²) in [5.74, 6) is -0.851. The van der Waals surface area contributed by atoms with E-state index in [-0.39, 0.29) is 31.4 Å². The van der Waals surface area contributed by atoms with Crippen LogP contribution < -0.4 is 0 Å². The van der Waals surface area contributed by atoms with Crippen LogP contribution in [0.15, 0.2) is 103 Å². The number of hydrogen-bond donors (Lipinski definition) is 0. The van der Waals surface area contributed by atoms with Crippen LogP contribution in [0.2, 0.25) is 0 Å². The molecule has 2 amide bonds. The fourth-order valence-electron chi connectivity index (χ4n) is 5.19. The van der Waals surface area contributed by atoms with Crippen molar-refractivity contribution in [3.05, 3.63) is 131 Å². The summed E-state index contributed by atoms with van der Waals surface area (Å²) in [4.78, 5) is 31.1. The minimum Gasteiger partial charge on any atom is -0.345 e. The zero-order valence-corrected chi connectivity index (χ0v) is 24.6. The number of aromatic nitrogens is 1. The van der Waals surface area contributed by atoms with Gasteiger partial charge in [-0.2, -0.15) is 13.2 Å². The maximum atomic E-state index is 14.0. The second kappa shape index (κ2) is 14.7. The Balaban J connectivity index is 1.53. The molecule has 0 radical (unpaired) electrons. The fourth-order valence-corrected chi connectivity index (χ4v) is 5.19. The third-order valence-electron chi connectivity index (χ3n) is 7.55. The molecule has 0 atom stereocenters. The maximum absolute atomic E-state index is 14.0. The Morgan fingerprint density at radius 2 is 1.47 bits per heavy atom. The molecule has 0 aliphatic heterocycles. The molecule has 1 aromatic heterocycles. The van der Waals surface area contributed by atoms with Crippen LogP contribution in [0.5, 0.6) is 0 Å². The van der Waals surface area contributed by atoms with Crippen molar-refractivity contribution in [2.75, 3.05) is 19.6 Å². The lowest BCUT2D eigenvalue weighted by atomic mass is 9.90. The van der Waals surface area contributed by atoms with E-state index in [0.29, 0.717) is 18.7 Å². The number of rotatable bonds is 13. The average Bonchev–Trinajstić information content (AvgIpc) is 3.44. The molecule has 0 bridgehead atoms. The number of hydrogen-bond acceptors (Lipinski definition) is 2. The summed E-state index contributed by atoms with van der Waals surface area (Å²) in [6.07, 6.45) is -0.932. The molecule has 43 heavy (non-hydrogen) atoms. The molecule has 0 saturated heterocycles. The Kier molecular flexibility index (Phi) is 10.8. The van der Waals surface area contributed by atoms with Gasteiger partial charge in [0.15, 0.2) is 0 Å². The summed E-state index contributed by atoms with van der Waals surface area (Å²) in [7, 11) is 0. The van der Waals surface area contributed by atoms with Gasteiger partial charge in [0.1, 0.15) is 0 Å². The first kappa shape index (κ1) is 31.6. The molecule has 4 aromatic rings. The number of amides is 2. The van der Waals surface area contributed by atoms with Gasteiger partial charge in [-0.3, -0.25) is 9.59 Å². The predicted molar refractivity (Wildman–Crippen MR) is 162 cm³/mol. The third kappa shape index (κ3) is 8.37. The lowest BCUT2D eigenvalue weighted by Gasteiger charge is -2.30. The highest BCUT2D eigenvalue weighted by molar-refractivity contribution is 5.91. The van der Waals surface area contributed by atoms with Crippen molar-refractivity contribution in [2.24, 2.45) is 0 Å². The molecule has 0 unspecified atom stereocenters. The van der Waals surface area contributed by atoms with Crippen LogP contribution in [-0.4, -0.2) is 45.8 Å². The van der Waals surface area contributed by atoms with E-state index < -0.39 is 17.7 Å². The van der Waals surface area contributed by atoms with Gasteiger partial charge >= 0.3 is 6.18 Å². The monoisotopic (exact) mass is 589 g/mol. The van der Waals surface area contributed by atoms with E-state index in [0.717, 1.165) is 41.8 Å². The smallest absolute Gasteiger partial charge is 0.345 e. The highest BCUT2D eigenvalue weighted by Crippen LogP contribution is 2.30. The van der Waals surface area contributed by atoms with Gasteiger partial charge in [0.2, 0.25) is 11.8 Å². The molecule has 0 aliphatic carbocycles. The molecule has 5 nitrogen and oxygen atoms in total. The van der Waals surface area contributed by atoms with Crippen LogP contribution in [0, 0.1) is 0 Å². The molecule has 226 valence electrons. The van der Waals surface area contributed by atoms with Gasteiger partial charge < -0.3 is 14.4 Å². The number of benzene rings is 3. The number of likely N-dealkylation sites (N-methyl/N-ethyl adjacent to an activating group) is 1. The van der Waals surface area contributed by atoms with Gasteiger partial charge in [-0.25, -0.2) is 0 Å². The molecule has 8 heteroatoms. The largest absolute Gasteiger partial charge is 0.416 e. The number of halogens is 3. The first-order valence-corrected chi connectivity index (χ1v) is 14.7. The molecule has 0 N–H and O–H groups in total. The van der Waals surface area contributed by atoms with E-state index in [1.165, 1.54) is 6.07 Å². The van der Waals surface area contributed by atoms with E-state index in [1.54, 1.807) is 15.9 Å². The number of alkyl halides is 3. The van der Waals surface area contributed by atoms with E-state index in [9.17, 15) is 22.8 Å². The maximum Gasteiger partial charge on any atom is 0.416 e. The molecule has 0 fully saturated rings. The van der Waals surface area contributed by atoms with Crippen molar-refractivity contribution in [3.8, 4) is 0 Å². The zero-order valence-electron chi connectivity index (χ0n) is 24.6. The highest BCUT2D eigenvalue weighted by Gasteiger charge is 2.31. The van der Waals surface area contributed by atoms with Gasteiger partial charge in [0, 0.05) is 31.5 Å². The predicted octanol–water partition coefficient (Wildman–Crippen LogP) is 7.36. The quantitative estimate of drug-likeness (QED) is 0.164. The molecule has 3 aromatic carbocycles. The fraction of sp³-hybridized carbons (Fsp3) is 0.314. The number of carbonyl (C=O) groups is 2. The first-order valence-electron chi connectivity index (χ1n) is 14.7. The Bertz CT molecular complexity index is 1430. The van der Waals surface area contributed by atoms with Gasteiger partial charge in [0.05, 0.1) is 24.6 Å². The van der Waals surface area contributed by atoms with Crippen LogP contribution in [-0.2, 0) is 28.9 Å². The Morgan fingerprint density at radius 1 is 0.814 bits per heavy atom. The summed E-state index contributed by atoms with van der Waals surface area (Å²) in [6, 6.07) is 28.1. The SMILES string of the molecule is CCCCN(Cc1cccn1Cc1cccc(C(F)(F)F)c1)C(=O)CN(CC)C(=O)C(c1ccccc1)c1ccccc1. The molecular weight excluding hydrogens is 551 g/mol. The highest BCUT2D eigenvalue weighted by atomic mass is 19.4. The second-order valence-electron chi connectivity index (χ2n) is 10.6. The van der Waals surface area contributed by atoms with Crippen LogP contribution >= 0.6 is 0 Å². The summed E-state index contributed by atoms with van der Waals surface area (Å²) in [6.45, 7) is 5.27. The van der Waals surface area contributed by atoms with Gasteiger partial charge in [-0.1, -0.05) is 86.1 Å². The normalized spacial score (nSPS) is 11.5. The number of unbranched alkanes of at least 4 members (excludes halogenated alkanes) is 1. The van der Waals surface area contributed by atoms with E-state index >= 15 is 0 Å². The Hall–Kier alpha value is -4.33. The number of carbonyl (C=O) groups excluding carboxylic acids is 2. The third-order valence-corrected chi connectivity index (χ3v) is 7.55. The summed E-state index contributed by atoms with van der Waals surface area (Å²) < 4.78 is 41.6. The minimum atomic E-state index is -4.42. The topological polar surface area (TPSA) is 45.6 Å². The van der Waals surface area contributed by atoms with E-state index in [2.05, 4.69) is 0 Å². The van der Waals surface area contributed by atoms with Crippen molar-refractivity contribution in [3.63, 3.8) is 0 Å². The molecule has 0 aliphatic rings. The molecular formula is C35H38F3N3O2. The van der Waals surface area contributed by atoms with Crippen molar-refractivity contribution in [1.29, 1.82) is 0 Å². The van der Waals surface area contributed by atoms with Crippen molar-refractivity contribution in [1.82, 2.24) is 14.4 Å². The van der Waals surface area contributed by atoms with Crippen molar-refractivity contribution in [2.45, 2.75) is 51.9 Å². The van der Waals surface area contributed by atoms with Crippen molar-refractivity contribution < 1.29 is 22.8 Å². The molecule has 0 saturated carbocycles. The Labute approximate surface area is 251 Å². The standard InChI is InChI=1S/C35H38F3N3O2/c1-3-5-21-41(25-31-20-13-22-40(31)24-27-14-12-19-30(23-27)35(36,37)38)32(42)26-39(4-2)34(43)33(28-15-8-6-9-16-28)29-17-10-7-11-18-29/h6-20,22-23,33H,3-5,21,24-26H2,1-2H3. The zero-order chi connectivity index (χ0) is 30.8.